The van der Waals surface area contributed by atoms with E-state index in [1.807, 2.05) is 0 Å². The van der Waals surface area contributed by atoms with Crippen LogP contribution in [0.2, 0.25) is 5.02 Å². The van der Waals surface area contributed by atoms with Crippen LogP contribution in [0.15, 0.2) is 6.07 Å². The van der Waals surface area contributed by atoms with Gasteiger partial charge in [-0.05, 0) is 41.9 Å². The van der Waals surface area contributed by atoms with Crippen molar-refractivity contribution >= 4 is 27.5 Å². The van der Waals surface area contributed by atoms with Crippen LogP contribution in [0.5, 0.6) is 5.75 Å². The van der Waals surface area contributed by atoms with Gasteiger partial charge in [-0.3, -0.25) is 0 Å². The summed E-state index contributed by atoms with van der Waals surface area (Å²) < 4.78 is 5.84. The van der Waals surface area contributed by atoms with Gasteiger partial charge in [0.25, 0.3) is 0 Å². The maximum atomic E-state index is 6.50. The van der Waals surface area contributed by atoms with Crippen molar-refractivity contribution < 1.29 is 4.74 Å². The molecular formula is C15H18BrClO. The molecule has 0 radical (unpaired) electrons. The number of hydrogen-bond donors (Lipinski definition) is 0. The van der Waals surface area contributed by atoms with E-state index in [0.717, 1.165) is 36.6 Å². The lowest BCUT2D eigenvalue weighted by atomic mass is 9.84. The molecule has 98 valence electrons. The molecule has 0 amide bonds. The van der Waals surface area contributed by atoms with Gasteiger partial charge >= 0.3 is 0 Å². The lowest BCUT2D eigenvalue weighted by molar-refractivity contribution is 0.314. The summed E-state index contributed by atoms with van der Waals surface area (Å²) in [5.74, 6) is 1.12. The van der Waals surface area contributed by atoms with Crippen LogP contribution in [-0.2, 0) is 12.8 Å². The van der Waals surface area contributed by atoms with Crippen LogP contribution >= 0.6 is 27.5 Å². The third kappa shape index (κ3) is 2.08. The molecule has 1 aliphatic heterocycles. The van der Waals surface area contributed by atoms with Crippen LogP contribution in [0.1, 0.15) is 48.2 Å². The summed E-state index contributed by atoms with van der Waals surface area (Å²) in [4.78, 5) is 0.340. The van der Waals surface area contributed by atoms with Gasteiger partial charge in [0, 0.05) is 21.8 Å². The van der Waals surface area contributed by atoms with Crippen LogP contribution in [0.3, 0.4) is 0 Å². The minimum atomic E-state index is 0.340. The van der Waals surface area contributed by atoms with E-state index in [9.17, 15) is 0 Å². The fourth-order valence-corrected chi connectivity index (χ4v) is 5.03. The normalized spacial score (nSPS) is 25.0. The number of fused-ring (bicyclic) bond motifs is 3. The molecule has 1 aromatic rings. The first-order valence-corrected chi connectivity index (χ1v) is 7.88. The molecule has 3 rings (SSSR count). The van der Waals surface area contributed by atoms with E-state index < -0.39 is 0 Å². The summed E-state index contributed by atoms with van der Waals surface area (Å²) in [6.07, 6.45) is 4.39. The Labute approximate surface area is 122 Å². The van der Waals surface area contributed by atoms with Gasteiger partial charge in [0.05, 0.1) is 6.61 Å². The van der Waals surface area contributed by atoms with E-state index in [1.165, 1.54) is 23.1 Å². The predicted molar refractivity (Wildman–Crippen MR) is 79.0 cm³/mol. The molecule has 1 atom stereocenters. The highest BCUT2D eigenvalue weighted by Gasteiger charge is 2.33. The van der Waals surface area contributed by atoms with Gasteiger partial charge in [0.15, 0.2) is 0 Å². The van der Waals surface area contributed by atoms with Gasteiger partial charge in [-0.25, -0.2) is 0 Å². The maximum Gasteiger partial charge on any atom is 0.126 e. The number of ether oxygens (including phenoxy) is 1. The van der Waals surface area contributed by atoms with Crippen molar-refractivity contribution in [1.29, 1.82) is 0 Å². The zero-order chi connectivity index (χ0) is 12.9. The second-order valence-electron chi connectivity index (χ2n) is 6.17. The number of hydrogen-bond acceptors (Lipinski definition) is 1. The zero-order valence-corrected chi connectivity index (χ0v) is 13.2. The number of alkyl halides is 1. The molecule has 0 fully saturated rings. The van der Waals surface area contributed by atoms with Gasteiger partial charge in [0.2, 0.25) is 0 Å². The van der Waals surface area contributed by atoms with Crippen molar-refractivity contribution in [3.05, 3.63) is 27.8 Å². The summed E-state index contributed by atoms with van der Waals surface area (Å²) in [5, 5.41) is 0.911. The Kier molecular flexibility index (Phi) is 3.14. The number of benzene rings is 1. The first kappa shape index (κ1) is 12.8. The summed E-state index contributed by atoms with van der Waals surface area (Å²) in [7, 11) is 0. The lowest BCUT2D eigenvalue weighted by Crippen LogP contribution is -2.11. The van der Waals surface area contributed by atoms with Crippen LogP contribution in [0, 0.1) is 5.41 Å². The van der Waals surface area contributed by atoms with Gasteiger partial charge in [-0.2, -0.15) is 0 Å². The molecule has 0 N–H and O–H groups in total. The third-order valence-electron chi connectivity index (χ3n) is 4.16. The standard InChI is InChI=1S/C15H18BrClO/c1-15(2)5-3-10-13(11(16)8-15)12(17)7-9-4-6-18-14(9)10/h7,11H,3-6,8H2,1-2H3. The molecule has 18 heavy (non-hydrogen) atoms. The first-order valence-electron chi connectivity index (χ1n) is 6.59. The van der Waals surface area contributed by atoms with Gasteiger partial charge < -0.3 is 4.74 Å². The molecule has 2 aliphatic rings. The Bertz CT molecular complexity index is 496. The second-order valence-corrected chi connectivity index (χ2v) is 7.69. The van der Waals surface area contributed by atoms with Crippen LogP contribution in [0.4, 0.5) is 0 Å². The highest BCUT2D eigenvalue weighted by molar-refractivity contribution is 9.09. The van der Waals surface area contributed by atoms with Crippen molar-refractivity contribution in [2.24, 2.45) is 5.41 Å². The van der Waals surface area contributed by atoms with Gasteiger partial charge in [-0.15, -0.1) is 0 Å². The highest BCUT2D eigenvalue weighted by Crippen LogP contribution is 2.50. The Hall–Kier alpha value is -0.210. The SMILES string of the molecule is CC1(C)CCc2c3c(cc(Cl)c2C(Br)C1)CCO3. The minimum Gasteiger partial charge on any atom is -0.493 e. The maximum absolute atomic E-state index is 6.50. The van der Waals surface area contributed by atoms with Crippen LogP contribution < -0.4 is 4.74 Å². The monoisotopic (exact) mass is 328 g/mol. The van der Waals surface area contributed by atoms with Crippen molar-refractivity contribution in [1.82, 2.24) is 0 Å². The predicted octanol–water partition coefficient (Wildman–Crippen LogP) is 5.07. The molecule has 1 unspecified atom stereocenters. The summed E-state index contributed by atoms with van der Waals surface area (Å²) >= 11 is 10.3. The fourth-order valence-electron chi connectivity index (χ4n) is 3.12. The van der Waals surface area contributed by atoms with Crippen LogP contribution in [-0.4, -0.2) is 6.61 Å². The zero-order valence-electron chi connectivity index (χ0n) is 10.9. The van der Waals surface area contributed by atoms with E-state index >= 15 is 0 Å². The van der Waals surface area contributed by atoms with Crippen molar-refractivity contribution in [3.63, 3.8) is 0 Å². The van der Waals surface area contributed by atoms with Crippen molar-refractivity contribution in [2.45, 2.75) is 44.4 Å². The molecule has 0 bridgehead atoms. The van der Waals surface area contributed by atoms with Crippen LogP contribution in [0.25, 0.3) is 0 Å². The summed E-state index contributed by atoms with van der Waals surface area (Å²) in [5.41, 5.74) is 4.26. The second kappa shape index (κ2) is 4.42. The number of rotatable bonds is 0. The molecule has 0 spiro atoms. The molecule has 0 saturated heterocycles. The topological polar surface area (TPSA) is 9.23 Å². The van der Waals surface area contributed by atoms with E-state index in [4.69, 9.17) is 16.3 Å². The smallest absolute Gasteiger partial charge is 0.126 e. The molecule has 3 heteroatoms. The Balaban J connectivity index is 2.15. The Morgan fingerprint density at radius 1 is 1.39 bits per heavy atom. The largest absolute Gasteiger partial charge is 0.493 e. The van der Waals surface area contributed by atoms with Crippen molar-refractivity contribution in [2.75, 3.05) is 6.61 Å². The van der Waals surface area contributed by atoms with Gasteiger partial charge in [0.1, 0.15) is 5.75 Å². The first-order chi connectivity index (χ1) is 8.48. The molecule has 1 aliphatic carbocycles. The average molecular weight is 330 g/mol. The van der Waals surface area contributed by atoms with E-state index in [-0.39, 0.29) is 0 Å². The Morgan fingerprint density at radius 3 is 2.94 bits per heavy atom. The molecule has 1 nitrogen and oxygen atoms in total. The molecule has 0 aromatic heterocycles. The lowest BCUT2D eigenvalue weighted by Gasteiger charge is -2.24. The van der Waals surface area contributed by atoms with E-state index in [0.29, 0.717) is 10.2 Å². The summed E-state index contributed by atoms with van der Waals surface area (Å²) in [6.45, 7) is 5.47. The molecule has 1 heterocycles. The van der Waals surface area contributed by atoms with Crippen molar-refractivity contribution in [3.8, 4) is 5.75 Å². The highest BCUT2D eigenvalue weighted by atomic mass is 79.9. The van der Waals surface area contributed by atoms with E-state index in [2.05, 4.69) is 35.8 Å². The quantitative estimate of drug-likeness (QED) is 0.477. The average Bonchev–Trinajstić information content (AvgIpc) is 2.67. The number of halogens is 2. The Morgan fingerprint density at radius 2 is 2.17 bits per heavy atom. The summed E-state index contributed by atoms with van der Waals surface area (Å²) in [6, 6.07) is 2.11. The third-order valence-corrected chi connectivity index (χ3v) is 5.26. The molecule has 0 saturated carbocycles. The molecule has 1 aromatic carbocycles. The minimum absolute atomic E-state index is 0.340. The molecular weight excluding hydrogens is 312 g/mol. The van der Waals surface area contributed by atoms with Gasteiger partial charge in [-0.1, -0.05) is 41.4 Å². The van der Waals surface area contributed by atoms with E-state index in [1.54, 1.807) is 0 Å². The fraction of sp³-hybridized carbons (Fsp3) is 0.600.